The third kappa shape index (κ3) is 5.09. The van der Waals surface area contributed by atoms with Crippen LogP contribution in [0.15, 0.2) is 64.5 Å². The summed E-state index contributed by atoms with van der Waals surface area (Å²) in [5, 5.41) is 4.10. The van der Waals surface area contributed by atoms with Crippen LogP contribution < -0.4 is 10.9 Å². The summed E-state index contributed by atoms with van der Waals surface area (Å²) in [4.78, 5) is 30.1. The monoisotopic (exact) mass is 423 g/mol. The number of rotatable bonds is 8. The van der Waals surface area contributed by atoms with E-state index in [1.807, 2.05) is 48.5 Å². The average molecular weight is 424 g/mol. The molecule has 2 heterocycles. The number of para-hydroxylation sites is 1. The van der Waals surface area contributed by atoms with E-state index in [1.54, 1.807) is 10.6 Å². The van der Waals surface area contributed by atoms with Gasteiger partial charge in [0.05, 0.1) is 29.3 Å². The first-order chi connectivity index (χ1) is 14.7. The lowest BCUT2D eigenvalue weighted by atomic mass is 10.1. The van der Waals surface area contributed by atoms with Gasteiger partial charge in [0.1, 0.15) is 0 Å². The maximum absolute atomic E-state index is 13.1. The number of thioether (sulfide) groups is 1. The topological polar surface area (TPSA) is 73.2 Å². The third-order valence-electron chi connectivity index (χ3n) is 5.15. The Hall–Kier alpha value is -2.64. The molecule has 1 fully saturated rings. The Bertz CT molecular complexity index is 1060. The number of hydrogen-bond donors (Lipinski definition) is 1. The molecule has 7 heteroatoms. The molecule has 0 spiro atoms. The first kappa shape index (κ1) is 20.6. The fraction of sp³-hybridized carbons (Fsp3) is 0.348. The Kier molecular flexibility index (Phi) is 6.81. The lowest BCUT2D eigenvalue weighted by Gasteiger charge is -2.16. The molecule has 1 aliphatic rings. The largest absolute Gasteiger partial charge is 0.376 e. The second-order valence-corrected chi connectivity index (χ2v) is 8.28. The molecule has 0 saturated carbocycles. The predicted molar refractivity (Wildman–Crippen MR) is 119 cm³/mol. The highest BCUT2D eigenvalue weighted by molar-refractivity contribution is 7.99. The van der Waals surface area contributed by atoms with Crippen molar-refractivity contribution < 1.29 is 9.53 Å². The van der Waals surface area contributed by atoms with E-state index in [0.29, 0.717) is 29.1 Å². The van der Waals surface area contributed by atoms with Crippen LogP contribution in [-0.4, -0.2) is 40.5 Å². The molecule has 30 heavy (non-hydrogen) atoms. The molecule has 0 bridgehead atoms. The number of ether oxygens (including phenoxy) is 1. The van der Waals surface area contributed by atoms with Gasteiger partial charge in [0.2, 0.25) is 5.91 Å². The molecule has 156 valence electrons. The molecule has 0 unspecified atom stereocenters. The van der Waals surface area contributed by atoms with Gasteiger partial charge in [-0.3, -0.25) is 14.2 Å². The Morgan fingerprint density at radius 1 is 1.17 bits per heavy atom. The van der Waals surface area contributed by atoms with Gasteiger partial charge < -0.3 is 10.1 Å². The molecule has 1 saturated heterocycles. The SMILES string of the molecule is O=C(CSc1nc2ccccc2c(=O)n1C[C@H]1CCCO1)NCCc1ccccc1. The van der Waals surface area contributed by atoms with Crippen molar-refractivity contribution >= 4 is 28.6 Å². The Morgan fingerprint density at radius 3 is 2.77 bits per heavy atom. The molecule has 6 nitrogen and oxygen atoms in total. The van der Waals surface area contributed by atoms with Crippen molar-refractivity contribution in [3.63, 3.8) is 0 Å². The van der Waals surface area contributed by atoms with Gasteiger partial charge in [0.25, 0.3) is 5.56 Å². The van der Waals surface area contributed by atoms with Gasteiger partial charge in [-0.1, -0.05) is 54.2 Å². The highest BCUT2D eigenvalue weighted by atomic mass is 32.2. The zero-order valence-corrected chi connectivity index (χ0v) is 17.6. The summed E-state index contributed by atoms with van der Waals surface area (Å²) >= 11 is 1.30. The van der Waals surface area contributed by atoms with Gasteiger partial charge in [-0.15, -0.1) is 0 Å². The number of amides is 1. The van der Waals surface area contributed by atoms with Gasteiger partial charge >= 0.3 is 0 Å². The molecule has 3 aromatic rings. The van der Waals surface area contributed by atoms with E-state index in [2.05, 4.69) is 10.3 Å². The minimum atomic E-state index is -0.0805. The smallest absolute Gasteiger partial charge is 0.262 e. The minimum absolute atomic E-state index is 0.0183. The van der Waals surface area contributed by atoms with Crippen LogP contribution in [0.1, 0.15) is 18.4 Å². The highest BCUT2D eigenvalue weighted by Gasteiger charge is 2.20. The summed E-state index contributed by atoms with van der Waals surface area (Å²) in [5.74, 6) is 0.146. The molecular weight excluding hydrogens is 398 g/mol. The lowest BCUT2D eigenvalue weighted by Crippen LogP contribution is -2.30. The average Bonchev–Trinajstić information content (AvgIpc) is 3.29. The second kappa shape index (κ2) is 9.91. The van der Waals surface area contributed by atoms with E-state index in [1.165, 1.54) is 17.3 Å². The number of fused-ring (bicyclic) bond motifs is 1. The first-order valence-electron chi connectivity index (χ1n) is 10.3. The van der Waals surface area contributed by atoms with Gasteiger partial charge in [-0.25, -0.2) is 4.98 Å². The zero-order chi connectivity index (χ0) is 20.8. The maximum Gasteiger partial charge on any atom is 0.262 e. The van der Waals surface area contributed by atoms with E-state index in [-0.39, 0.29) is 23.3 Å². The standard InChI is InChI=1S/C23H25N3O3S/c27-21(24-13-12-17-7-2-1-3-8-17)16-30-23-25-20-11-5-4-10-19(20)22(28)26(23)15-18-9-6-14-29-18/h1-5,7-8,10-11,18H,6,9,12-16H2,(H,24,27)/t18-/m1/s1. The number of hydrogen-bond acceptors (Lipinski definition) is 5. The van der Waals surface area contributed by atoms with Crippen molar-refractivity contribution in [2.75, 3.05) is 18.9 Å². The predicted octanol–water partition coefficient (Wildman–Crippen LogP) is 3.03. The maximum atomic E-state index is 13.1. The van der Waals surface area contributed by atoms with Crippen LogP contribution in [0.25, 0.3) is 10.9 Å². The summed E-state index contributed by atoms with van der Waals surface area (Å²) in [6.07, 6.45) is 2.75. The van der Waals surface area contributed by atoms with Crippen LogP contribution in [0.5, 0.6) is 0 Å². The van der Waals surface area contributed by atoms with Crippen LogP contribution in [0.2, 0.25) is 0 Å². The molecule has 1 aliphatic heterocycles. The van der Waals surface area contributed by atoms with Gasteiger partial charge in [0.15, 0.2) is 5.16 Å². The number of carbonyl (C=O) groups is 1. The van der Waals surface area contributed by atoms with Crippen LogP contribution >= 0.6 is 11.8 Å². The number of nitrogens with zero attached hydrogens (tertiary/aromatic N) is 2. The fourth-order valence-corrected chi connectivity index (χ4v) is 4.42. The van der Waals surface area contributed by atoms with Crippen LogP contribution in [-0.2, 0) is 22.5 Å². The molecule has 1 N–H and O–H groups in total. The van der Waals surface area contributed by atoms with E-state index in [4.69, 9.17) is 4.74 Å². The summed E-state index contributed by atoms with van der Waals surface area (Å²) in [5.41, 5.74) is 1.76. The Balaban J connectivity index is 1.44. The summed E-state index contributed by atoms with van der Waals surface area (Å²) in [6, 6.07) is 17.4. The number of carbonyl (C=O) groups excluding carboxylic acids is 1. The second-order valence-electron chi connectivity index (χ2n) is 7.34. The van der Waals surface area contributed by atoms with E-state index in [0.717, 1.165) is 25.9 Å². The van der Waals surface area contributed by atoms with E-state index < -0.39 is 0 Å². The molecule has 1 amide bonds. The van der Waals surface area contributed by atoms with Crippen molar-refractivity contribution in [1.29, 1.82) is 0 Å². The lowest BCUT2D eigenvalue weighted by molar-refractivity contribution is -0.118. The first-order valence-corrected chi connectivity index (χ1v) is 11.2. The highest BCUT2D eigenvalue weighted by Crippen LogP contribution is 2.20. The van der Waals surface area contributed by atoms with Crippen molar-refractivity contribution in [3.8, 4) is 0 Å². The summed E-state index contributed by atoms with van der Waals surface area (Å²) in [6.45, 7) is 1.78. The molecule has 0 aliphatic carbocycles. The molecule has 4 rings (SSSR count). The van der Waals surface area contributed by atoms with Gasteiger partial charge in [-0.05, 0) is 37.0 Å². The minimum Gasteiger partial charge on any atom is -0.376 e. The summed E-state index contributed by atoms with van der Waals surface area (Å²) < 4.78 is 7.39. The Labute approximate surface area is 179 Å². The van der Waals surface area contributed by atoms with Crippen LogP contribution in [0.3, 0.4) is 0 Å². The third-order valence-corrected chi connectivity index (χ3v) is 6.12. The zero-order valence-electron chi connectivity index (χ0n) is 16.8. The number of aromatic nitrogens is 2. The fourth-order valence-electron chi connectivity index (χ4n) is 3.58. The van der Waals surface area contributed by atoms with Crippen LogP contribution in [0, 0.1) is 0 Å². The number of nitrogens with one attached hydrogen (secondary N) is 1. The van der Waals surface area contributed by atoms with E-state index >= 15 is 0 Å². The van der Waals surface area contributed by atoms with Crippen molar-refractivity contribution in [1.82, 2.24) is 14.9 Å². The molecule has 0 radical (unpaired) electrons. The van der Waals surface area contributed by atoms with Crippen LogP contribution in [0.4, 0.5) is 0 Å². The van der Waals surface area contributed by atoms with Gasteiger partial charge in [-0.2, -0.15) is 0 Å². The molecule has 1 aromatic heterocycles. The van der Waals surface area contributed by atoms with Crippen molar-refractivity contribution in [3.05, 3.63) is 70.5 Å². The number of benzene rings is 2. The molecule has 1 atom stereocenters. The quantitative estimate of drug-likeness (QED) is 0.445. The summed E-state index contributed by atoms with van der Waals surface area (Å²) in [7, 11) is 0. The van der Waals surface area contributed by atoms with Gasteiger partial charge in [0, 0.05) is 13.2 Å². The normalized spacial score (nSPS) is 16.1. The molecule has 2 aromatic carbocycles. The molecular formula is C23H25N3O3S. The van der Waals surface area contributed by atoms with Crippen molar-refractivity contribution in [2.24, 2.45) is 0 Å². The van der Waals surface area contributed by atoms with Crippen molar-refractivity contribution in [2.45, 2.75) is 37.1 Å². The van der Waals surface area contributed by atoms with E-state index in [9.17, 15) is 9.59 Å². The Morgan fingerprint density at radius 2 is 1.97 bits per heavy atom.